The summed E-state index contributed by atoms with van der Waals surface area (Å²) in [6.45, 7) is 7.48. The van der Waals surface area contributed by atoms with Gasteiger partial charge in [0.15, 0.2) is 0 Å². The van der Waals surface area contributed by atoms with Gasteiger partial charge in [-0.1, -0.05) is 27.2 Å². The van der Waals surface area contributed by atoms with Crippen molar-refractivity contribution in [3.63, 3.8) is 0 Å². The van der Waals surface area contributed by atoms with Crippen molar-refractivity contribution in [3.8, 4) is 0 Å². The Morgan fingerprint density at radius 3 is 2.33 bits per heavy atom. The fourth-order valence-electron chi connectivity index (χ4n) is 2.99. The van der Waals surface area contributed by atoms with E-state index in [0.29, 0.717) is 37.8 Å². The summed E-state index contributed by atoms with van der Waals surface area (Å²) in [5.41, 5.74) is -0.962. The number of amides is 1. The molecule has 3 heteroatoms. The topological polar surface area (TPSA) is 20.3 Å². The lowest BCUT2D eigenvalue weighted by atomic mass is 9.86. The van der Waals surface area contributed by atoms with E-state index in [4.69, 9.17) is 0 Å². The van der Waals surface area contributed by atoms with Gasteiger partial charge in [0.2, 0.25) is 5.91 Å². The second-order valence-corrected chi connectivity index (χ2v) is 6.31. The number of hydrogen-bond donors (Lipinski definition) is 0. The summed E-state index contributed by atoms with van der Waals surface area (Å²) in [5.74, 6) is 1.00. The Labute approximate surface area is 110 Å². The van der Waals surface area contributed by atoms with Crippen LogP contribution in [0.2, 0.25) is 0 Å². The number of halogens is 1. The molecule has 0 aromatic carbocycles. The highest BCUT2D eigenvalue weighted by atomic mass is 19.1. The summed E-state index contributed by atoms with van der Waals surface area (Å²) in [4.78, 5) is 14.2. The first-order chi connectivity index (χ1) is 8.48. The predicted octanol–water partition coefficient (Wildman–Crippen LogP) is 3.41. The molecule has 1 aliphatic heterocycles. The maximum Gasteiger partial charge on any atom is 0.225 e. The van der Waals surface area contributed by atoms with E-state index < -0.39 is 5.67 Å². The van der Waals surface area contributed by atoms with E-state index in [1.165, 1.54) is 0 Å². The molecular formula is C15H26FNO. The van der Waals surface area contributed by atoms with Crippen LogP contribution in [0.1, 0.15) is 52.9 Å². The summed E-state index contributed by atoms with van der Waals surface area (Å²) in [5, 5.41) is 0. The zero-order valence-electron chi connectivity index (χ0n) is 11.9. The van der Waals surface area contributed by atoms with Gasteiger partial charge in [0.05, 0.1) is 0 Å². The van der Waals surface area contributed by atoms with Gasteiger partial charge in [-0.05, 0) is 37.5 Å². The van der Waals surface area contributed by atoms with Crippen molar-refractivity contribution in [2.45, 2.75) is 58.5 Å². The monoisotopic (exact) mass is 255 g/mol. The van der Waals surface area contributed by atoms with Crippen molar-refractivity contribution in [2.24, 2.45) is 17.8 Å². The third-order valence-corrected chi connectivity index (χ3v) is 5.10. The molecule has 1 saturated carbocycles. The Balaban J connectivity index is 1.87. The zero-order valence-corrected chi connectivity index (χ0v) is 11.9. The van der Waals surface area contributed by atoms with Crippen LogP contribution in [-0.4, -0.2) is 29.6 Å². The predicted molar refractivity (Wildman–Crippen MR) is 71.0 cm³/mol. The molecule has 0 bridgehead atoms. The minimum Gasteiger partial charge on any atom is -0.342 e. The number of carbonyl (C=O) groups is 1. The number of hydrogen-bond acceptors (Lipinski definition) is 1. The minimum atomic E-state index is -0.962. The first-order valence-corrected chi connectivity index (χ1v) is 7.45. The number of likely N-dealkylation sites (tertiary alicyclic amines) is 1. The van der Waals surface area contributed by atoms with E-state index in [2.05, 4.69) is 13.8 Å². The van der Waals surface area contributed by atoms with E-state index in [-0.39, 0.29) is 11.8 Å². The molecule has 0 N–H and O–H groups in total. The Morgan fingerprint density at radius 1 is 1.33 bits per heavy atom. The molecular weight excluding hydrogens is 229 g/mol. The number of piperidine rings is 1. The van der Waals surface area contributed by atoms with Crippen LogP contribution in [0.3, 0.4) is 0 Å². The Morgan fingerprint density at radius 2 is 1.89 bits per heavy atom. The van der Waals surface area contributed by atoms with Crippen LogP contribution in [0.5, 0.6) is 0 Å². The van der Waals surface area contributed by atoms with Gasteiger partial charge in [-0.2, -0.15) is 0 Å². The lowest BCUT2D eigenvalue weighted by Gasteiger charge is -2.38. The van der Waals surface area contributed by atoms with Crippen molar-refractivity contribution in [1.82, 2.24) is 4.90 Å². The third kappa shape index (κ3) is 2.70. The molecule has 0 aromatic rings. The van der Waals surface area contributed by atoms with E-state index in [0.717, 1.165) is 19.3 Å². The van der Waals surface area contributed by atoms with Crippen molar-refractivity contribution >= 4 is 5.91 Å². The molecule has 2 nitrogen and oxygen atoms in total. The second-order valence-electron chi connectivity index (χ2n) is 6.31. The molecule has 2 atom stereocenters. The molecule has 18 heavy (non-hydrogen) atoms. The van der Waals surface area contributed by atoms with Crippen molar-refractivity contribution in [3.05, 3.63) is 0 Å². The Bertz CT molecular complexity index is 306. The fraction of sp³-hybridized carbons (Fsp3) is 0.933. The maximum atomic E-state index is 14.5. The van der Waals surface area contributed by atoms with Crippen LogP contribution < -0.4 is 0 Å². The number of alkyl halides is 1. The second kappa shape index (κ2) is 5.18. The van der Waals surface area contributed by atoms with Crippen molar-refractivity contribution < 1.29 is 9.18 Å². The van der Waals surface area contributed by atoms with Crippen molar-refractivity contribution in [2.75, 3.05) is 13.1 Å². The number of nitrogens with zero attached hydrogens (tertiary/aromatic N) is 1. The van der Waals surface area contributed by atoms with Gasteiger partial charge in [-0.15, -0.1) is 0 Å². The number of rotatable bonds is 4. The summed E-state index contributed by atoms with van der Waals surface area (Å²) in [6, 6.07) is 0. The average Bonchev–Trinajstić information content (AvgIpc) is 3.21. The van der Waals surface area contributed by atoms with Crippen LogP contribution in [0.4, 0.5) is 4.39 Å². The first kappa shape index (κ1) is 13.8. The summed E-state index contributed by atoms with van der Waals surface area (Å²) in [7, 11) is 0. The van der Waals surface area contributed by atoms with Crippen LogP contribution in [0.15, 0.2) is 0 Å². The fourth-order valence-corrected chi connectivity index (χ4v) is 2.99. The van der Waals surface area contributed by atoms with E-state index >= 15 is 0 Å². The normalized spacial score (nSPS) is 26.8. The van der Waals surface area contributed by atoms with Crippen LogP contribution in [0, 0.1) is 17.8 Å². The Kier molecular flexibility index (Phi) is 3.98. The zero-order chi connectivity index (χ0) is 13.3. The molecule has 1 saturated heterocycles. The summed E-state index contributed by atoms with van der Waals surface area (Å²) in [6.07, 6.45) is 4.23. The van der Waals surface area contributed by atoms with E-state index in [1.54, 1.807) is 0 Å². The van der Waals surface area contributed by atoms with Gasteiger partial charge in [-0.3, -0.25) is 4.79 Å². The van der Waals surface area contributed by atoms with E-state index in [9.17, 15) is 9.18 Å². The lowest BCUT2D eigenvalue weighted by molar-refractivity contribution is -0.139. The molecule has 104 valence electrons. The number of carbonyl (C=O) groups excluding carboxylic acids is 1. The Hall–Kier alpha value is -0.600. The van der Waals surface area contributed by atoms with Gasteiger partial charge < -0.3 is 4.90 Å². The van der Waals surface area contributed by atoms with Crippen LogP contribution >= 0.6 is 0 Å². The molecule has 2 unspecified atom stereocenters. The lowest BCUT2D eigenvalue weighted by Crippen LogP contribution is -2.47. The molecule has 2 fully saturated rings. The van der Waals surface area contributed by atoms with Crippen LogP contribution in [0.25, 0.3) is 0 Å². The van der Waals surface area contributed by atoms with Crippen LogP contribution in [-0.2, 0) is 4.79 Å². The molecule has 1 amide bonds. The molecule has 1 aliphatic carbocycles. The highest BCUT2D eigenvalue weighted by Gasteiger charge is 2.48. The van der Waals surface area contributed by atoms with Gasteiger partial charge in [0.1, 0.15) is 5.67 Å². The van der Waals surface area contributed by atoms with Gasteiger partial charge in [0, 0.05) is 19.0 Å². The highest BCUT2D eigenvalue weighted by molar-refractivity contribution is 5.78. The average molecular weight is 255 g/mol. The smallest absolute Gasteiger partial charge is 0.225 e. The largest absolute Gasteiger partial charge is 0.342 e. The van der Waals surface area contributed by atoms with Gasteiger partial charge >= 0.3 is 0 Å². The molecule has 0 spiro atoms. The molecule has 0 aromatic heterocycles. The third-order valence-electron chi connectivity index (χ3n) is 5.10. The quantitative estimate of drug-likeness (QED) is 0.754. The highest BCUT2D eigenvalue weighted by Crippen LogP contribution is 2.47. The molecule has 2 rings (SSSR count). The molecule has 2 aliphatic rings. The van der Waals surface area contributed by atoms with E-state index in [1.807, 2.05) is 11.8 Å². The summed E-state index contributed by atoms with van der Waals surface area (Å²) >= 11 is 0. The SMILES string of the molecule is CCC(C)C(C)C(=O)N1CCC(F)(C2CC2)CC1. The molecule has 0 radical (unpaired) electrons. The maximum absolute atomic E-state index is 14.5. The van der Waals surface area contributed by atoms with Gasteiger partial charge in [0.25, 0.3) is 0 Å². The summed E-state index contributed by atoms with van der Waals surface area (Å²) < 4.78 is 14.5. The standard InChI is InChI=1S/C15H26FNO/c1-4-11(2)12(3)14(18)17-9-7-15(16,8-10-17)13-5-6-13/h11-13H,4-10H2,1-3H3. The van der Waals surface area contributed by atoms with Crippen molar-refractivity contribution in [1.29, 1.82) is 0 Å². The minimum absolute atomic E-state index is 0.0723. The van der Waals surface area contributed by atoms with Gasteiger partial charge in [-0.25, -0.2) is 4.39 Å². The first-order valence-electron chi connectivity index (χ1n) is 7.45. The molecule has 1 heterocycles.